The summed E-state index contributed by atoms with van der Waals surface area (Å²) in [5.41, 5.74) is 0. The first kappa shape index (κ1) is 15.9. The number of nitrogens with one attached hydrogen (secondary N) is 1. The Morgan fingerprint density at radius 1 is 1.11 bits per heavy atom. The number of piperidine rings is 1. The van der Waals surface area contributed by atoms with Crippen molar-refractivity contribution in [3.05, 3.63) is 0 Å². The predicted octanol–water partition coefficient (Wildman–Crippen LogP) is 1.03. The molecule has 0 spiro atoms. The molecule has 1 aliphatic heterocycles. The molecule has 0 amide bonds. The van der Waals surface area contributed by atoms with E-state index in [0.29, 0.717) is 6.10 Å². The lowest BCUT2D eigenvalue weighted by atomic mass is 10.1. The molecule has 0 atom stereocenters. The zero-order valence-electron chi connectivity index (χ0n) is 12.5. The van der Waals surface area contributed by atoms with E-state index < -0.39 is 0 Å². The van der Waals surface area contributed by atoms with Crippen LogP contribution in [0.5, 0.6) is 0 Å². The van der Waals surface area contributed by atoms with E-state index in [0.717, 1.165) is 32.8 Å². The molecule has 1 saturated heterocycles. The van der Waals surface area contributed by atoms with E-state index in [1.165, 1.54) is 32.4 Å². The molecule has 1 rings (SSSR count). The molecule has 18 heavy (non-hydrogen) atoms. The van der Waals surface area contributed by atoms with E-state index in [1.54, 1.807) is 0 Å². The molecule has 1 aliphatic rings. The number of nitrogens with zero attached hydrogens (tertiary/aromatic N) is 2. The number of hydrogen-bond acceptors (Lipinski definition) is 4. The Morgan fingerprint density at radius 2 is 1.83 bits per heavy atom. The molecule has 4 nitrogen and oxygen atoms in total. The maximum Gasteiger partial charge on any atom is 0.0600 e. The fourth-order valence-corrected chi connectivity index (χ4v) is 2.35. The van der Waals surface area contributed by atoms with E-state index in [-0.39, 0.29) is 0 Å². The van der Waals surface area contributed by atoms with E-state index in [1.807, 2.05) is 0 Å². The van der Waals surface area contributed by atoms with E-state index in [9.17, 15) is 0 Å². The fraction of sp³-hybridized carbons (Fsp3) is 1.00. The van der Waals surface area contributed by atoms with Crippen molar-refractivity contribution in [1.29, 1.82) is 0 Å². The standard InChI is InChI=1S/C14H31N3O/c1-4-17(11-5-10-16(2)3)12-13-18-14-6-8-15-9-7-14/h14-15H,4-13H2,1-3H3. The first-order valence-electron chi connectivity index (χ1n) is 7.41. The maximum atomic E-state index is 5.95. The van der Waals surface area contributed by atoms with Crippen molar-refractivity contribution in [2.75, 3.05) is 60.0 Å². The van der Waals surface area contributed by atoms with Crippen LogP contribution in [0, 0.1) is 0 Å². The minimum absolute atomic E-state index is 0.492. The number of rotatable bonds is 9. The fourth-order valence-electron chi connectivity index (χ4n) is 2.35. The van der Waals surface area contributed by atoms with E-state index in [2.05, 4.69) is 36.1 Å². The smallest absolute Gasteiger partial charge is 0.0600 e. The van der Waals surface area contributed by atoms with E-state index >= 15 is 0 Å². The predicted molar refractivity (Wildman–Crippen MR) is 77.1 cm³/mol. The minimum Gasteiger partial charge on any atom is -0.377 e. The maximum absolute atomic E-state index is 5.95. The number of likely N-dealkylation sites (N-methyl/N-ethyl adjacent to an activating group) is 1. The summed E-state index contributed by atoms with van der Waals surface area (Å²) in [5, 5.41) is 3.37. The Kier molecular flexibility index (Phi) is 8.59. The van der Waals surface area contributed by atoms with Crippen LogP contribution in [0.3, 0.4) is 0 Å². The molecular weight excluding hydrogens is 226 g/mol. The normalized spacial score (nSPS) is 17.8. The second-order valence-electron chi connectivity index (χ2n) is 5.41. The van der Waals surface area contributed by atoms with Crippen molar-refractivity contribution in [3.63, 3.8) is 0 Å². The van der Waals surface area contributed by atoms with Gasteiger partial charge in [0.15, 0.2) is 0 Å². The van der Waals surface area contributed by atoms with Crippen molar-refractivity contribution in [2.45, 2.75) is 32.3 Å². The number of hydrogen-bond donors (Lipinski definition) is 1. The molecule has 0 saturated carbocycles. The molecule has 1 fully saturated rings. The van der Waals surface area contributed by atoms with Gasteiger partial charge in [0.2, 0.25) is 0 Å². The van der Waals surface area contributed by atoms with Crippen LogP contribution >= 0.6 is 0 Å². The van der Waals surface area contributed by atoms with Gasteiger partial charge in [0, 0.05) is 6.54 Å². The van der Waals surface area contributed by atoms with Gasteiger partial charge in [-0.2, -0.15) is 0 Å². The summed E-state index contributed by atoms with van der Waals surface area (Å²) in [5.74, 6) is 0. The highest BCUT2D eigenvalue weighted by atomic mass is 16.5. The average molecular weight is 257 g/mol. The average Bonchev–Trinajstić information content (AvgIpc) is 2.38. The Balaban J connectivity index is 2.03. The molecular formula is C14H31N3O. The molecule has 108 valence electrons. The largest absolute Gasteiger partial charge is 0.377 e. The van der Waals surface area contributed by atoms with Gasteiger partial charge in [-0.1, -0.05) is 6.92 Å². The lowest BCUT2D eigenvalue weighted by Crippen LogP contribution is -2.35. The Labute approximate surface area is 113 Å². The molecule has 4 heteroatoms. The third-order valence-corrected chi connectivity index (χ3v) is 3.57. The third-order valence-electron chi connectivity index (χ3n) is 3.57. The highest BCUT2D eigenvalue weighted by Gasteiger charge is 2.13. The quantitative estimate of drug-likeness (QED) is 0.668. The van der Waals surface area contributed by atoms with Gasteiger partial charge in [0.05, 0.1) is 12.7 Å². The molecule has 0 aromatic heterocycles. The molecule has 1 N–H and O–H groups in total. The molecule has 1 heterocycles. The molecule has 0 aliphatic carbocycles. The van der Waals surface area contributed by atoms with Crippen LogP contribution in [-0.2, 0) is 4.74 Å². The highest BCUT2D eigenvalue weighted by Crippen LogP contribution is 2.07. The summed E-state index contributed by atoms with van der Waals surface area (Å²) in [6.07, 6.45) is 4.08. The van der Waals surface area contributed by atoms with Crippen molar-refractivity contribution < 1.29 is 4.74 Å². The Hall–Kier alpha value is -0.160. The van der Waals surface area contributed by atoms with Gasteiger partial charge < -0.3 is 19.9 Å². The number of ether oxygens (including phenoxy) is 1. The lowest BCUT2D eigenvalue weighted by Gasteiger charge is -2.25. The van der Waals surface area contributed by atoms with Crippen LogP contribution in [0.25, 0.3) is 0 Å². The van der Waals surface area contributed by atoms with Gasteiger partial charge in [-0.25, -0.2) is 0 Å². The molecule has 0 bridgehead atoms. The lowest BCUT2D eigenvalue weighted by molar-refractivity contribution is 0.0204. The monoisotopic (exact) mass is 257 g/mol. The summed E-state index contributed by atoms with van der Waals surface area (Å²) in [4.78, 5) is 4.74. The Morgan fingerprint density at radius 3 is 2.44 bits per heavy atom. The van der Waals surface area contributed by atoms with Crippen molar-refractivity contribution >= 4 is 0 Å². The van der Waals surface area contributed by atoms with Gasteiger partial charge >= 0.3 is 0 Å². The molecule has 0 aromatic carbocycles. The minimum atomic E-state index is 0.492. The Bertz CT molecular complexity index is 193. The molecule has 0 aromatic rings. The van der Waals surface area contributed by atoms with Gasteiger partial charge in [0.1, 0.15) is 0 Å². The van der Waals surface area contributed by atoms with Crippen LogP contribution in [0.4, 0.5) is 0 Å². The first-order valence-corrected chi connectivity index (χ1v) is 7.41. The highest BCUT2D eigenvalue weighted by molar-refractivity contribution is 4.68. The SMILES string of the molecule is CCN(CCCN(C)C)CCOC1CCNCC1. The van der Waals surface area contributed by atoms with Crippen molar-refractivity contribution in [3.8, 4) is 0 Å². The van der Waals surface area contributed by atoms with Gasteiger partial charge in [-0.05, 0) is 66.1 Å². The summed E-state index contributed by atoms with van der Waals surface area (Å²) < 4.78 is 5.95. The topological polar surface area (TPSA) is 27.7 Å². The van der Waals surface area contributed by atoms with Gasteiger partial charge in [0.25, 0.3) is 0 Å². The van der Waals surface area contributed by atoms with Crippen LogP contribution < -0.4 is 5.32 Å². The van der Waals surface area contributed by atoms with Crippen LogP contribution in [0.2, 0.25) is 0 Å². The van der Waals surface area contributed by atoms with Crippen molar-refractivity contribution in [2.24, 2.45) is 0 Å². The summed E-state index contributed by atoms with van der Waals surface area (Å²) in [6.45, 7) is 9.92. The van der Waals surface area contributed by atoms with Gasteiger partial charge in [-0.3, -0.25) is 0 Å². The second-order valence-corrected chi connectivity index (χ2v) is 5.41. The summed E-state index contributed by atoms with van der Waals surface area (Å²) in [7, 11) is 4.27. The van der Waals surface area contributed by atoms with Crippen LogP contribution in [0.15, 0.2) is 0 Å². The van der Waals surface area contributed by atoms with E-state index in [4.69, 9.17) is 4.74 Å². The summed E-state index contributed by atoms with van der Waals surface area (Å²) in [6, 6.07) is 0. The molecule has 0 radical (unpaired) electrons. The van der Waals surface area contributed by atoms with Gasteiger partial charge in [-0.15, -0.1) is 0 Å². The van der Waals surface area contributed by atoms with Crippen molar-refractivity contribution in [1.82, 2.24) is 15.1 Å². The van der Waals surface area contributed by atoms with Crippen LogP contribution in [0.1, 0.15) is 26.2 Å². The summed E-state index contributed by atoms with van der Waals surface area (Å²) >= 11 is 0. The molecule has 0 unspecified atom stereocenters. The second kappa shape index (κ2) is 9.73. The third kappa shape index (κ3) is 7.31. The first-order chi connectivity index (χ1) is 8.72. The zero-order valence-corrected chi connectivity index (χ0v) is 12.5. The zero-order chi connectivity index (χ0) is 13.2. The van der Waals surface area contributed by atoms with Crippen LogP contribution in [-0.4, -0.2) is 75.9 Å².